The van der Waals surface area contributed by atoms with E-state index in [0.717, 1.165) is 11.1 Å². The Balaban J connectivity index is 2.22. The number of hydrogen-bond donors (Lipinski definition) is 3. The maximum absolute atomic E-state index is 12.0. The lowest BCUT2D eigenvalue weighted by Gasteiger charge is -2.04. The molecule has 4 N–H and O–H groups in total. The number of nitrogens with zero attached hydrogens (tertiary/aromatic N) is 1. The summed E-state index contributed by atoms with van der Waals surface area (Å²) in [6.45, 7) is 2.24. The number of aromatic amines is 1. The van der Waals surface area contributed by atoms with E-state index in [2.05, 4.69) is 27.4 Å². The molecule has 5 nitrogen and oxygen atoms in total. The van der Waals surface area contributed by atoms with Crippen molar-refractivity contribution in [1.82, 2.24) is 10.2 Å². The van der Waals surface area contributed by atoms with Gasteiger partial charge in [0.2, 0.25) is 0 Å². The van der Waals surface area contributed by atoms with Gasteiger partial charge in [-0.3, -0.25) is 9.89 Å². The number of H-pyrrole nitrogens is 1. The van der Waals surface area contributed by atoms with E-state index in [-0.39, 0.29) is 5.91 Å². The highest BCUT2D eigenvalue weighted by Crippen LogP contribution is 2.12. The molecule has 0 radical (unpaired) electrons. The third kappa shape index (κ3) is 3.21. The Kier molecular flexibility index (Phi) is 3.96. The molecular formula is C14H14N4O. The summed E-state index contributed by atoms with van der Waals surface area (Å²) in [5.74, 6) is 5.54. The van der Waals surface area contributed by atoms with Crippen LogP contribution in [-0.4, -0.2) is 22.6 Å². The number of amides is 1. The summed E-state index contributed by atoms with van der Waals surface area (Å²) in [5.41, 5.74) is 8.35. The largest absolute Gasteiger partial charge is 0.320 e. The topological polar surface area (TPSA) is 83.8 Å². The molecule has 0 unspecified atom stereocenters. The fourth-order valence-electron chi connectivity index (χ4n) is 1.57. The standard InChI is InChI=1S/C14H14N4O/c1-10-4-5-12(7-11(10)3-2-6-15)14(19)18-13-8-16-17-9-13/h4-5,7-9H,6,15H2,1H3,(H,16,17)(H,18,19). The number of hydrogen-bond acceptors (Lipinski definition) is 3. The van der Waals surface area contributed by atoms with Gasteiger partial charge in [-0.05, 0) is 24.6 Å². The van der Waals surface area contributed by atoms with E-state index >= 15 is 0 Å². The number of nitrogens with two attached hydrogens (primary N) is 1. The fraction of sp³-hybridized carbons (Fsp3) is 0.143. The van der Waals surface area contributed by atoms with E-state index in [0.29, 0.717) is 17.8 Å². The molecule has 2 rings (SSSR count). The Morgan fingerprint density at radius 2 is 2.37 bits per heavy atom. The van der Waals surface area contributed by atoms with Gasteiger partial charge >= 0.3 is 0 Å². The highest BCUT2D eigenvalue weighted by atomic mass is 16.1. The van der Waals surface area contributed by atoms with Crippen LogP contribution < -0.4 is 11.1 Å². The molecule has 0 aliphatic rings. The number of aromatic nitrogens is 2. The molecule has 0 saturated carbocycles. The second kappa shape index (κ2) is 5.85. The number of benzene rings is 1. The summed E-state index contributed by atoms with van der Waals surface area (Å²) in [7, 11) is 0. The van der Waals surface area contributed by atoms with Crippen LogP contribution in [0.15, 0.2) is 30.6 Å². The molecule has 5 heteroatoms. The zero-order valence-electron chi connectivity index (χ0n) is 10.5. The van der Waals surface area contributed by atoms with Crippen LogP contribution in [-0.2, 0) is 0 Å². The maximum atomic E-state index is 12.0. The molecule has 0 saturated heterocycles. The summed E-state index contributed by atoms with van der Waals surface area (Å²) in [4.78, 5) is 12.0. The quantitative estimate of drug-likeness (QED) is 0.706. The number of rotatable bonds is 2. The summed E-state index contributed by atoms with van der Waals surface area (Å²) in [5, 5.41) is 9.13. The molecule has 0 spiro atoms. The first kappa shape index (κ1) is 12.9. The molecule has 0 aliphatic heterocycles. The molecule has 96 valence electrons. The molecule has 0 fully saturated rings. The van der Waals surface area contributed by atoms with Crippen LogP contribution >= 0.6 is 0 Å². The fourth-order valence-corrected chi connectivity index (χ4v) is 1.57. The number of carbonyl (C=O) groups excluding carboxylic acids is 1. The summed E-state index contributed by atoms with van der Waals surface area (Å²) in [6, 6.07) is 5.39. The van der Waals surface area contributed by atoms with Crippen molar-refractivity contribution in [3.8, 4) is 11.8 Å². The second-order valence-electron chi connectivity index (χ2n) is 3.98. The Bertz CT molecular complexity index is 635. The van der Waals surface area contributed by atoms with Crippen molar-refractivity contribution in [2.75, 3.05) is 11.9 Å². The van der Waals surface area contributed by atoms with E-state index in [1.807, 2.05) is 13.0 Å². The lowest BCUT2D eigenvalue weighted by molar-refractivity contribution is 0.102. The predicted octanol–water partition coefficient (Wildman–Crippen LogP) is 1.28. The Labute approximate surface area is 111 Å². The molecule has 0 aliphatic carbocycles. The third-order valence-corrected chi connectivity index (χ3v) is 2.58. The minimum absolute atomic E-state index is 0.197. The summed E-state index contributed by atoms with van der Waals surface area (Å²) >= 11 is 0. The average Bonchev–Trinajstić information content (AvgIpc) is 2.90. The van der Waals surface area contributed by atoms with Crippen molar-refractivity contribution in [1.29, 1.82) is 0 Å². The first-order chi connectivity index (χ1) is 9.20. The van der Waals surface area contributed by atoms with Crippen molar-refractivity contribution < 1.29 is 4.79 Å². The van der Waals surface area contributed by atoms with Crippen LogP contribution in [0.5, 0.6) is 0 Å². The van der Waals surface area contributed by atoms with Gasteiger partial charge in [0.15, 0.2) is 0 Å². The molecule has 1 aromatic heterocycles. The second-order valence-corrected chi connectivity index (χ2v) is 3.98. The van der Waals surface area contributed by atoms with E-state index in [1.54, 1.807) is 24.5 Å². The minimum atomic E-state index is -0.197. The molecule has 1 heterocycles. The van der Waals surface area contributed by atoms with E-state index in [9.17, 15) is 4.79 Å². The highest BCUT2D eigenvalue weighted by molar-refractivity contribution is 6.04. The Morgan fingerprint density at radius 3 is 3.05 bits per heavy atom. The molecular weight excluding hydrogens is 240 g/mol. The SMILES string of the molecule is Cc1ccc(C(=O)Nc2cn[nH]c2)cc1C#CCN. The zero-order valence-corrected chi connectivity index (χ0v) is 10.5. The van der Waals surface area contributed by atoms with Crippen LogP contribution in [0.25, 0.3) is 0 Å². The number of anilines is 1. The lowest BCUT2D eigenvalue weighted by Crippen LogP contribution is -2.11. The van der Waals surface area contributed by atoms with Gasteiger partial charge in [0.1, 0.15) is 0 Å². The van der Waals surface area contributed by atoms with Gasteiger partial charge in [-0.15, -0.1) is 0 Å². The maximum Gasteiger partial charge on any atom is 0.255 e. The number of nitrogens with one attached hydrogen (secondary N) is 2. The molecule has 19 heavy (non-hydrogen) atoms. The first-order valence-electron chi connectivity index (χ1n) is 5.80. The van der Waals surface area contributed by atoms with Crippen molar-refractivity contribution >= 4 is 11.6 Å². The Hall–Kier alpha value is -2.58. The summed E-state index contributed by atoms with van der Waals surface area (Å²) in [6.07, 6.45) is 3.16. The van der Waals surface area contributed by atoms with Gasteiger partial charge in [-0.1, -0.05) is 17.9 Å². The zero-order chi connectivity index (χ0) is 13.7. The van der Waals surface area contributed by atoms with Crippen LogP contribution in [0, 0.1) is 18.8 Å². The third-order valence-electron chi connectivity index (χ3n) is 2.58. The smallest absolute Gasteiger partial charge is 0.255 e. The minimum Gasteiger partial charge on any atom is -0.320 e. The monoisotopic (exact) mass is 254 g/mol. The van der Waals surface area contributed by atoms with Gasteiger partial charge in [-0.25, -0.2) is 0 Å². The van der Waals surface area contributed by atoms with E-state index < -0.39 is 0 Å². The van der Waals surface area contributed by atoms with Crippen LogP contribution in [0.2, 0.25) is 0 Å². The van der Waals surface area contributed by atoms with E-state index in [4.69, 9.17) is 5.73 Å². The van der Waals surface area contributed by atoms with Crippen molar-refractivity contribution in [2.24, 2.45) is 5.73 Å². The highest BCUT2D eigenvalue weighted by Gasteiger charge is 2.08. The first-order valence-corrected chi connectivity index (χ1v) is 5.80. The predicted molar refractivity (Wildman–Crippen MR) is 73.7 cm³/mol. The van der Waals surface area contributed by atoms with Crippen LogP contribution in [0.1, 0.15) is 21.5 Å². The Morgan fingerprint density at radius 1 is 1.53 bits per heavy atom. The number of aryl methyl sites for hydroxylation is 1. The van der Waals surface area contributed by atoms with E-state index in [1.165, 1.54) is 0 Å². The van der Waals surface area contributed by atoms with Crippen molar-refractivity contribution in [3.63, 3.8) is 0 Å². The van der Waals surface area contributed by atoms with Gasteiger partial charge in [0.25, 0.3) is 5.91 Å². The molecule has 1 aromatic carbocycles. The van der Waals surface area contributed by atoms with Crippen LogP contribution in [0.4, 0.5) is 5.69 Å². The molecule has 0 bridgehead atoms. The molecule has 1 amide bonds. The lowest BCUT2D eigenvalue weighted by atomic mass is 10.0. The van der Waals surface area contributed by atoms with Crippen molar-refractivity contribution in [3.05, 3.63) is 47.3 Å². The molecule has 2 aromatic rings. The van der Waals surface area contributed by atoms with Gasteiger partial charge in [0.05, 0.1) is 18.4 Å². The van der Waals surface area contributed by atoms with Crippen molar-refractivity contribution in [2.45, 2.75) is 6.92 Å². The number of carbonyl (C=O) groups is 1. The average molecular weight is 254 g/mol. The normalized spacial score (nSPS) is 9.58. The molecule has 0 atom stereocenters. The van der Waals surface area contributed by atoms with Crippen LogP contribution in [0.3, 0.4) is 0 Å². The van der Waals surface area contributed by atoms with Gasteiger partial charge in [-0.2, -0.15) is 5.10 Å². The van der Waals surface area contributed by atoms with Gasteiger partial charge in [0, 0.05) is 17.3 Å². The van der Waals surface area contributed by atoms with Gasteiger partial charge < -0.3 is 11.1 Å². The summed E-state index contributed by atoms with van der Waals surface area (Å²) < 4.78 is 0.